The first-order chi connectivity index (χ1) is 17.3. The SMILES string of the molecule is O=C(NCc1ccc(S(=O)(=O)N2CCC(NCC34CC5CC(CC(C5)C3)C4)C2)s1)c1ccc(Cl)cc1. The van der Waals surface area contributed by atoms with Crippen molar-refractivity contribution in [2.75, 3.05) is 19.6 Å². The van der Waals surface area contributed by atoms with Crippen molar-refractivity contribution >= 4 is 38.9 Å². The standard InChI is InChI=1S/C27H34ClN3O3S2/c28-22-3-1-21(2-4-22)26(32)29-15-24-5-6-25(35-24)36(33,34)31-8-7-23(16-31)30-17-27-12-18-9-19(13-27)11-20(10-18)14-27/h1-6,18-20,23,30H,7-17H2,(H,29,32). The number of amides is 1. The monoisotopic (exact) mass is 547 g/mol. The first-order valence-corrected chi connectivity index (χ1v) is 15.8. The number of halogens is 1. The summed E-state index contributed by atoms with van der Waals surface area (Å²) in [7, 11) is -3.53. The van der Waals surface area contributed by atoms with Crippen molar-refractivity contribution in [2.45, 2.75) is 61.7 Å². The highest BCUT2D eigenvalue weighted by Gasteiger charge is 2.50. The summed E-state index contributed by atoms with van der Waals surface area (Å²) in [5.41, 5.74) is 0.980. The normalized spacial score (nSPS) is 31.7. The van der Waals surface area contributed by atoms with Gasteiger partial charge >= 0.3 is 0 Å². The topological polar surface area (TPSA) is 78.5 Å². The number of nitrogens with zero attached hydrogens (tertiary/aromatic N) is 1. The molecule has 1 aliphatic heterocycles. The van der Waals surface area contributed by atoms with Gasteiger partial charge in [0.15, 0.2) is 0 Å². The van der Waals surface area contributed by atoms with E-state index in [0.29, 0.717) is 33.3 Å². The summed E-state index contributed by atoms with van der Waals surface area (Å²) >= 11 is 7.12. The maximum atomic E-state index is 13.3. The molecule has 2 heterocycles. The van der Waals surface area contributed by atoms with Gasteiger partial charge in [0.25, 0.3) is 15.9 Å². The van der Waals surface area contributed by atoms with Gasteiger partial charge in [-0.3, -0.25) is 4.79 Å². The van der Waals surface area contributed by atoms with Gasteiger partial charge in [0.2, 0.25) is 0 Å². The Morgan fingerprint density at radius 1 is 1.03 bits per heavy atom. The van der Waals surface area contributed by atoms with Crippen LogP contribution in [0.4, 0.5) is 0 Å². The largest absolute Gasteiger partial charge is 0.347 e. The highest BCUT2D eigenvalue weighted by Crippen LogP contribution is 2.59. The molecule has 4 bridgehead atoms. The van der Waals surface area contributed by atoms with Crippen LogP contribution in [0.5, 0.6) is 0 Å². The maximum absolute atomic E-state index is 13.3. The number of rotatable bonds is 8. The Balaban J connectivity index is 1.02. The molecule has 4 saturated carbocycles. The molecule has 1 aromatic heterocycles. The molecule has 9 heteroatoms. The second kappa shape index (κ2) is 9.70. The summed E-state index contributed by atoms with van der Waals surface area (Å²) in [6.45, 7) is 2.43. The average Bonchev–Trinajstić information content (AvgIpc) is 3.52. The predicted octanol–water partition coefficient (Wildman–Crippen LogP) is 4.90. The fourth-order valence-corrected chi connectivity index (χ4v) is 10.6. The van der Waals surface area contributed by atoms with E-state index in [1.807, 2.05) is 0 Å². The highest BCUT2D eigenvalue weighted by molar-refractivity contribution is 7.91. The van der Waals surface area contributed by atoms with E-state index < -0.39 is 10.0 Å². The molecule has 5 fully saturated rings. The molecular formula is C27H34ClN3O3S2. The Bertz CT molecular complexity index is 1190. The van der Waals surface area contributed by atoms with Crippen LogP contribution >= 0.6 is 22.9 Å². The van der Waals surface area contributed by atoms with Gasteiger partial charge in [-0.15, -0.1) is 11.3 Å². The van der Waals surface area contributed by atoms with Crippen LogP contribution in [0.2, 0.25) is 5.02 Å². The molecule has 4 aliphatic carbocycles. The van der Waals surface area contributed by atoms with Gasteiger partial charge in [-0.05, 0) is 105 Å². The maximum Gasteiger partial charge on any atom is 0.252 e. The van der Waals surface area contributed by atoms with Gasteiger partial charge in [-0.2, -0.15) is 4.31 Å². The predicted molar refractivity (Wildman–Crippen MR) is 143 cm³/mol. The molecule has 194 valence electrons. The lowest BCUT2D eigenvalue weighted by Gasteiger charge is -2.57. The second-order valence-electron chi connectivity index (χ2n) is 11.6. The number of nitrogens with one attached hydrogen (secondary N) is 2. The van der Waals surface area contributed by atoms with E-state index in [1.165, 1.54) is 49.9 Å². The van der Waals surface area contributed by atoms with Gasteiger partial charge in [-0.25, -0.2) is 8.42 Å². The number of hydrogen-bond acceptors (Lipinski definition) is 5. The van der Waals surface area contributed by atoms with Crippen LogP contribution < -0.4 is 10.6 Å². The Kier molecular flexibility index (Phi) is 6.70. The molecule has 0 spiro atoms. The second-order valence-corrected chi connectivity index (χ2v) is 15.3. The summed E-state index contributed by atoms with van der Waals surface area (Å²) < 4.78 is 28.6. The molecule has 1 atom stereocenters. The molecule has 0 radical (unpaired) electrons. The molecule has 7 rings (SSSR count). The summed E-state index contributed by atoms with van der Waals surface area (Å²) in [6, 6.07) is 10.4. The highest BCUT2D eigenvalue weighted by atomic mass is 35.5. The summed E-state index contributed by atoms with van der Waals surface area (Å²) in [4.78, 5) is 13.2. The van der Waals surface area contributed by atoms with Crippen molar-refractivity contribution in [3.63, 3.8) is 0 Å². The summed E-state index contributed by atoms with van der Waals surface area (Å²) in [6.07, 6.45) is 9.31. The quantitative estimate of drug-likeness (QED) is 0.493. The number of sulfonamides is 1. The van der Waals surface area contributed by atoms with E-state index in [2.05, 4.69) is 10.6 Å². The number of thiophene rings is 1. The molecule has 1 aromatic carbocycles. The van der Waals surface area contributed by atoms with Gasteiger partial charge in [0.05, 0.1) is 6.54 Å². The fraction of sp³-hybridized carbons (Fsp3) is 0.593. The van der Waals surface area contributed by atoms with Crippen molar-refractivity contribution in [3.8, 4) is 0 Å². The molecule has 5 aliphatic rings. The van der Waals surface area contributed by atoms with Crippen molar-refractivity contribution in [1.82, 2.24) is 14.9 Å². The Morgan fingerprint density at radius 3 is 2.36 bits per heavy atom. The van der Waals surface area contributed by atoms with E-state index in [1.54, 1.807) is 40.7 Å². The molecule has 1 unspecified atom stereocenters. The average molecular weight is 548 g/mol. The van der Waals surface area contributed by atoms with Crippen LogP contribution in [0.15, 0.2) is 40.6 Å². The van der Waals surface area contributed by atoms with E-state index >= 15 is 0 Å². The molecule has 6 nitrogen and oxygen atoms in total. The van der Waals surface area contributed by atoms with Crippen molar-refractivity contribution < 1.29 is 13.2 Å². The third kappa shape index (κ3) is 4.99. The Morgan fingerprint density at radius 2 is 1.69 bits per heavy atom. The Hall–Kier alpha value is -1.45. The molecular weight excluding hydrogens is 514 g/mol. The zero-order valence-electron chi connectivity index (χ0n) is 20.4. The minimum absolute atomic E-state index is 0.211. The van der Waals surface area contributed by atoms with E-state index in [4.69, 9.17) is 11.6 Å². The third-order valence-corrected chi connectivity index (χ3v) is 12.5. The summed E-state index contributed by atoms with van der Waals surface area (Å²) in [5.74, 6) is 2.59. The smallest absolute Gasteiger partial charge is 0.252 e. The summed E-state index contributed by atoms with van der Waals surface area (Å²) in [5, 5.41) is 7.22. The van der Waals surface area contributed by atoms with Crippen LogP contribution in [0, 0.1) is 23.2 Å². The van der Waals surface area contributed by atoms with E-state index in [9.17, 15) is 13.2 Å². The molecule has 2 N–H and O–H groups in total. The first-order valence-electron chi connectivity index (χ1n) is 13.1. The van der Waals surface area contributed by atoms with E-state index in [0.717, 1.165) is 35.6 Å². The van der Waals surface area contributed by atoms with Crippen molar-refractivity contribution in [1.29, 1.82) is 0 Å². The molecule has 1 amide bonds. The minimum atomic E-state index is -3.53. The van der Waals surface area contributed by atoms with Gasteiger partial charge < -0.3 is 10.6 Å². The minimum Gasteiger partial charge on any atom is -0.347 e. The molecule has 2 aromatic rings. The lowest BCUT2D eigenvalue weighted by molar-refractivity contribution is -0.0522. The lowest BCUT2D eigenvalue weighted by atomic mass is 9.49. The van der Waals surface area contributed by atoms with E-state index in [-0.39, 0.29) is 18.5 Å². The van der Waals surface area contributed by atoms with Crippen LogP contribution in [0.1, 0.15) is 60.2 Å². The van der Waals surface area contributed by atoms with Crippen LogP contribution in [0.25, 0.3) is 0 Å². The number of carbonyl (C=O) groups excluding carboxylic acids is 1. The fourth-order valence-electron chi connectivity index (χ4n) is 7.57. The van der Waals surface area contributed by atoms with Gasteiger partial charge in [0, 0.05) is 41.1 Å². The number of hydrogen-bond donors (Lipinski definition) is 2. The van der Waals surface area contributed by atoms with Gasteiger partial charge in [0.1, 0.15) is 4.21 Å². The molecule has 36 heavy (non-hydrogen) atoms. The zero-order chi connectivity index (χ0) is 24.9. The molecule has 1 saturated heterocycles. The zero-order valence-corrected chi connectivity index (χ0v) is 22.8. The van der Waals surface area contributed by atoms with Crippen LogP contribution in [0.3, 0.4) is 0 Å². The van der Waals surface area contributed by atoms with Crippen LogP contribution in [-0.4, -0.2) is 44.3 Å². The first kappa shape index (κ1) is 24.9. The van der Waals surface area contributed by atoms with Crippen LogP contribution in [-0.2, 0) is 16.6 Å². The van der Waals surface area contributed by atoms with Gasteiger partial charge in [-0.1, -0.05) is 11.6 Å². The Labute approximate surface area is 222 Å². The van der Waals surface area contributed by atoms with Crippen molar-refractivity contribution in [3.05, 3.63) is 51.9 Å². The lowest BCUT2D eigenvalue weighted by Crippen LogP contribution is -2.52. The number of carbonyl (C=O) groups is 1. The van der Waals surface area contributed by atoms with Crippen molar-refractivity contribution in [2.24, 2.45) is 23.2 Å². The number of benzene rings is 1. The third-order valence-electron chi connectivity index (χ3n) is 8.84.